The number of nitrogens with zero attached hydrogens (tertiary/aromatic N) is 2. The van der Waals surface area contributed by atoms with Crippen molar-refractivity contribution < 1.29 is 9.53 Å². The summed E-state index contributed by atoms with van der Waals surface area (Å²) >= 11 is 5.96. The summed E-state index contributed by atoms with van der Waals surface area (Å²) in [7, 11) is 0. The molecule has 5 heteroatoms. The smallest absolute Gasteiger partial charge is 0.339 e. The number of aromatic nitrogens is 2. The molecule has 0 aromatic carbocycles. The molecule has 0 saturated carbocycles. The Labute approximate surface area is 104 Å². The van der Waals surface area contributed by atoms with E-state index in [1.54, 1.807) is 32.2 Å². The Morgan fingerprint density at radius 1 is 1.53 bits per heavy atom. The number of halogens is 1. The maximum Gasteiger partial charge on any atom is 0.339 e. The first-order valence-electron chi connectivity index (χ1n) is 5.22. The van der Waals surface area contributed by atoms with E-state index in [2.05, 4.69) is 9.97 Å². The van der Waals surface area contributed by atoms with Crippen molar-refractivity contribution in [2.75, 3.05) is 6.61 Å². The van der Waals surface area contributed by atoms with E-state index in [9.17, 15) is 4.79 Å². The summed E-state index contributed by atoms with van der Waals surface area (Å²) in [5.41, 5.74) is 1.77. The molecular formula is C12H11ClN2O2. The zero-order valence-electron chi connectivity index (χ0n) is 9.53. The highest BCUT2D eigenvalue weighted by Crippen LogP contribution is 2.22. The van der Waals surface area contributed by atoms with Crippen LogP contribution in [0.2, 0.25) is 5.15 Å². The lowest BCUT2D eigenvalue weighted by atomic mass is 10.1. The summed E-state index contributed by atoms with van der Waals surface area (Å²) in [6.45, 7) is 3.85. The van der Waals surface area contributed by atoms with Crippen molar-refractivity contribution >= 4 is 28.5 Å². The van der Waals surface area contributed by atoms with Gasteiger partial charge in [0.05, 0.1) is 23.4 Å². The van der Waals surface area contributed by atoms with Gasteiger partial charge in [-0.15, -0.1) is 0 Å². The van der Waals surface area contributed by atoms with Crippen molar-refractivity contribution in [2.45, 2.75) is 13.8 Å². The fourth-order valence-electron chi connectivity index (χ4n) is 1.57. The van der Waals surface area contributed by atoms with Gasteiger partial charge in [0.1, 0.15) is 5.15 Å². The molecule has 0 spiro atoms. The van der Waals surface area contributed by atoms with Gasteiger partial charge in [-0.25, -0.2) is 9.78 Å². The van der Waals surface area contributed by atoms with Gasteiger partial charge in [0.25, 0.3) is 0 Å². The zero-order valence-corrected chi connectivity index (χ0v) is 10.3. The molecule has 0 unspecified atom stereocenters. The molecular weight excluding hydrogens is 240 g/mol. The molecule has 2 heterocycles. The first-order chi connectivity index (χ1) is 8.13. The average molecular weight is 251 g/mol. The molecule has 2 rings (SSSR count). The lowest BCUT2D eigenvalue weighted by Gasteiger charge is -2.07. The van der Waals surface area contributed by atoms with Gasteiger partial charge >= 0.3 is 5.97 Å². The van der Waals surface area contributed by atoms with Gasteiger partial charge in [-0.1, -0.05) is 11.6 Å². The molecule has 0 amide bonds. The number of hydrogen-bond acceptors (Lipinski definition) is 4. The third-order valence-electron chi connectivity index (χ3n) is 2.38. The van der Waals surface area contributed by atoms with Crippen LogP contribution in [0.3, 0.4) is 0 Å². The van der Waals surface area contributed by atoms with Crippen LogP contribution >= 0.6 is 11.6 Å². The normalized spacial score (nSPS) is 10.5. The highest BCUT2D eigenvalue weighted by atomic mass is 35.5. The first-order valence-corrected chi connectivity index (χ1v) is 5.60. The number of esters is 1. The molecule has 0 aliphatic carbocycles. The fraction of sp³-hybridized carbons (Fsp3) is 0.250. The van der Waals surface area contributed by atoms with Gasteiger partial charge in [0.15, 0.2) is 0 Å². The summed E-state index contributed by atoms with van der Waals surface area (Å²) in [5, 5.41) is 0.989. The van der Waals surface area contributed by atoms with Crippen molar-refractivity contribution in [2.24, 2.45) is 0 Å². The lowest BCUT2D eigenvalue weighted by molar-refractivity contribution is 0.0525. The molecule has 17 heavy (non-hydrogen) atoms. The van der Waals surface area contributed by atoms with Crippen LogP contribution in [0.1, 0.15) is 23.0 Å². The van der Waals surface area contributed by atoms with Crippen molar-refractivity contribution in [3.63, 3.8) is 0 Å². The van der Waals surface area contributed by atoms with E-state index in [-0.39, 0.29) is 5.97 Å². The fourth-order valence-corrected chi connectivity index (χ4v) is 1.78. The number of ether oxygens (including phenoxy) is 1. The second-order valence-electron chi connectivity index (χ2n) is 3.51. The van der Waals surface area contributed by atoms with E-state index in [1.807, 2.05) is 0 Å². The molecule has 0 N–H and O–H groups in total. The van der Waals surface area contributed by atoms with Crippen LogP contribution in [-0.2, 0) is 4.74 Å². The van der Waals surface area contributed by atoms with Crippen molar-refractivity contribution in [3.8, 4) is 0 Å². The van der Waals surface area contributed by atoms with E-state index >= 15 is 0 Å². The number of aryl methyl sites for hydroxylation is 1. The number of rotatable bonds is 2. The second-order valence-corrected chi connectivity index (χ2v) is 3.87. The Morgan fingerprint density at radius 2 is 2.29 bits per heavy atom. The molecule has 0 aliphatic heterocycles. The van der Waals surface area contributed by atoms with Crippen LogP contribution in [0.4, 0.5) is 0 Å². The maximum absolute atomic E-state index is 11.7. The molecule has 2 aromatic heterocycles. The Morgan fingerprint density at radius 3 is 3.00 bits per heavy atom. The van der Waals surface area contributed by atoms with Crippen LogP contribution in [0.5, 0.6) is 0 Å². The van der Waals surface area contributed by atoms with E-state index < -0.39 is 0 Å². The largest absolute Gasteiger partial charge is 0.462 e. The van der Waals surface area contributed by atoms with E-state index in [0.717, 1.165) is 5.52 Å². The highest BCUT2D eigenvalue weighted by molar-refractivity contribution is 6.34. The van der Waals surface area contributed by atoms with Crippen LogP contribution < -0.4 is 0 Å². The van der Waals surface area contributed by atoms with Crippen LogP contribution in [0, 0.1) is 6.92 Å². The van der Waals surface area contributed by atoms with E-state index in [0.29, 0.717) is 28.4 Å². The van der Waals surface area contributed by atoms with Gasteiger partial charge in [0.2, 0.25) is 0 Å². The van der Waals surface area contributed by atoms with Crippen molar-refractivity contribution in [1.29, 1.82) is 0 Å². The third-order valence-corrected chi connectivity index (χ3v) is 2.68. The summed E-state index contributed by atoms with van der Waals surface area (Å²) < 4.78 is 4.96. The van der Waals surface area contributed by atoms with Crippen molar-refractivity contribution in [3.05, 3.63) is 34.7 Å². The predicted molar refractivity (Wildman–Crippen MR) is 65.2 cm³/mol. The minimum atomic E-state index is -0.390. The average Bonchev–Trinajstić information content (AvgIpc) is 2.29. The van der Waals surface area contributed by atoms with Gasteiger partial charge < -0.3 is 4.74 Å². The lowest BCUT2D eigenvalue weighted by Crippen LogP contribution is -2.08. The van der Waals surface area contributed by atoms with Gasteiger partial charge in [0, 0.05) is 11.6 Å². The Balaban J connectivity index is 2.61. The molecule has 0 saturated heterocycles. The molecule has 4 nitrogen and oxygen atoms in total. The number of hydrogen-bond donors (Lipinski definition) is 0. The van der Waals surface area contributed by atoms with E-state index in [4.69, 9.17) is 16.3 Å². The standard InChI is InChI=1S/C12H11ClN2O2/c1-3-17-12(16)8-6-9-10(15-7(8)2)4-5-14-11(9)13/h4-6H,3H2,1-2H3. The minimum absolute atomic E-state index is 0.330. The Hall–Kier alpha value is -1.68. The van der Waals surface area contributed by atoms with Gasteiger partial charge in [-0.2, -0.15) is 0 Å². The highest BCUT2D eigenvalue weighted by Gasteiger charge is 2.13. The molecule has 0 radical (unpaired) electrons. The van der Waals surface area contributed by atoms with E-state index in [1.165, 1.54) is 0 Å². The SMILES string of the molecule is CCOC(=O)c1cc2c(Cl)nccc2nc1C. The number of carbonyl (C=O) groups excluding carboxylic acids is 1. The minimum Gasteiger partial charge on any atom is -0.462 e. The number of pyridine rings is 2. The van der Waals surface area contributed by atoms with Crippen LogP contribution in [-0.4, -0.2) is 22.5 Å². The molecule has 0 bridgehead atoms. The van der Waals surface area contributed by atoms with Gasteiger partial charge in [-0.3, -0.25) is 4.98 Å². The number of carbonyl (C=O) groups is 1. The second kappa shape index (κ2) is 4.67. The van der Waals surface area contributed by atoms with Gasteiger partial charge in [-0.05, 0) is 26.0 Å². The quantitative estimate of drug-likeness (QED) is 0.608. The topological polar surface area (TPSA) is 52.1 Å². The molecule has 2 aromatic rings. The Kier molecular flexibility index (Phi) is 3.24. The monoisotopic (exact) mass is 250 g/mol. The first kappa shape index (κ1) is 11.8. The summed E-state index contributed by atoms with van der Waals surface area (Å²) in [4.78, 5) is 20.0. The maximum atomic E-state index is 11.7. The number of fused-ring (bicyclic) bond motifs is 1. The van der Waals surface area contributed by atoms with Crippen LogP contribution in [0.15, 0.2) is 18.3 Å². The molecule has 0 atom stereocenters. The summed E-state index contributed by atoms with van der Waals surface area (Å²) in [5.74, 6) is -0.390. The third kappa shape index (κ3) is 2.22. The molecule has 88 valence electrons. The Bertz CT molecular complexity index is 584. The van der Waals surface area contributed by atoms with Crippen LogP contribution in [0.25, 0.3) is 10.9 Å². The predicted octanol–water partition coefficient (Wildman–Crippen LogP) is 2.77. The summed E-state index contributed by atoms with van der Waals surface area (Å²) in [6, 6.07) is 3.42. The summed E-state index contributed by atoms with van der Waals surface area (Å²) in [6.07, 6.45) is 1.58. The van der Waals surface area contributed by atoms with Crippen molar-refractivity contribution in [1.82, 2.24) is 9.97 Å². The zero-order chi connectivity index (χ0) is 12.4. The molecule has 0 fully saturated rings. The molecule has 0 aliphatic rings.